The zero-order chi connectivity index (χ0) is 17.6. The summed E-state index contributed by atoms with van der Waals surface area (Å²) in [7, 11) is 0. The van der Waals surface area contributed by atoms with Crippen LogP contribution >= 0.6 is 15.9 Å². The molecule has 1 heterocycles. The molecule has 0 bridgehead atoms. The molecule has 0 saturated heterocycles. The van der Waals surface area contributed by atoms with E-state index in [2.05, 4.69) is 62.5 Å². The maximum atomic E-state index is 9.57. The van der Waals surface area contributed by atoms with Crippen LogP contribution in [0.25, 0.3) is 0 Å². The minimum Gasteiger partial charge on any atom is -0.411 e. The maximum absolute atomic E-state index is 9.57. The zero-order valence-corrected chi connectivity index (χ0v) is 15.4. The molecule has 1 aromatic heterocycles. The van der Waals surface area contributed by atoms with Crippen molar-refractivity contribution in [2.75, 3.05) is 0 Å². The molecule has 4 nitrogen and oxygen atoms in total. The minimum atomic E-state index is 0.0772. The molecule has 3 aromatic rings. The number of nitrogens with zero attached hydrogens (tertiary/aromatic N) is 3. The Kier molecular flexibility index (Phi) is 5.56. The van der Waals surface area contributed by atoms with Gasteiger partial charge in [-0.25, -0.2) is 0 Å². The molecule has 126 valence electrons. The Morgan fingerprint density at radius 3 is 2.48 bits per heavy atom. The predicted octanol–water partition coefficient (Wildman–Crippen LogP) is 4.95. The van der Waals surface area contributed by atoms with E-state index in [4.69, 9.17) is 0 Å². The molecule has 5 heteroatoms. The number of aromatic nitrogens is 2. The average Bonchev–Trinajstić information content (AvgIpc) is 2.65. The molecule has 0 fully saturated rings. The molecular formula is C20H18BrN3O. The SMILES string of the molecule is Cc1ccccc1[C@H](C/C(=N/O)c1ccnnc1)c1ccc(Br)cc1. The van der Waals surface area contributed by atoms with Gasteiger partial charge in [-0.3, -0.25) is 0 Å². The highest BCUT2D eigenvalue weighted by Gasteiger charge is 2.20. The lowest BCUT2D eigenvalue weighted by molar-refractivity contribution is 0.317. The molecular weight excluding hydrogens is 378 g/mol. The van der Waals surface area contributed by atoms with Gasteiger partial charge in [0.25, 0.3) is 0 Å². The van der Waals surface area contributed by atoms with E-state index in [0.717, 1.165) is 10.0 Å². The molecule has 0 unspecified atom stereocenters. The quantitative estimate of drug-likeness (QED) is 0.377. The van der Waals surface area contributed by atoms with Crippen LogP contribution in [0.3, 0.4) is 0 Å². The first kappa shape index (κ1) is 17.3. The van der Waals surface area contributed by atoms with Crippen LogP contribution in [0.5, 0.6) is 0 Å². The van der Waals surface area contributed by atoms with Crippen LogP contribution < -0.4 is 0 Å². The summed E-state index contributed by atoms with van der Waals surface area (Å²) in [4.78, 5) is 0. The van der Waals surface area contributed by atoms with Crippen molar-refractivity contribution in [1.29, 1.82) is 0 Å². The third kappa shape index (κ3) is 4.12. The summed E-state index contributed by atoms with van der Waals surface area (Å²) >= 11 is 3.49. The summed E-state index contributed by atoms with van der Waals surface area (Å²) in [5.41, 5.74) is 4.95. The predicted molar refractivity (Wildman–Crippen MR) is 102 cm³/mol. The molecule has 0 radical (unpaired) electrons. The molecule has 0 saturated carbocycles. The van der Waals surface area contributed by atoms with Crippen molar-refractivity contribution in [3.05, 3.63) is 93.7 Å². The van der Waals surface area contributed by atoms with Gasteiger partial charge >= 0.3 is 0 Å². The Labute approximate surface area is 155 Å². The van der Waals surface area contributed by atoms with Crippen molar-refractivity contribution in [3.63, 3.8) is 0 Å². The van der Waals surface area contributed by atoms with Gasteiger partial charge in [0.1, 0.15) is 0 Å². The van der Waals surface area contributed by atoms with Crippen molar-refractivity contribution >= 4 is 21.6 Å². The smallest absolute Gasteiger partial charge is 0.0893 e. The van der Waals surface area contributed by atoms with Gasteiger partial charge in [0.2, 0.25) is 0 Å². The highest BCUT2D eigenvalue weighted by molar-refractivity contribution is 9.10. The number of hydrogen-bond donors (Lipinski definition) is 1. The largest absolute Gasteiger partial charge is 0.411 e. The molecule has 0 amide bonds. The molecule has 2 aromatic carbocycles. The van der Waals surface area contributed by atoms with E-state index >= 15 is 0 Å². The number of oxime groups is 1. The third-order valence-electron chi connectivity index (χ3n) is 4.27. The second-order valence-electron chi connectivity index (χ2n) is 5.84. The Hall–Kier alpha value is -2.53. The van der Waals surface area contributed by atoms with Crippen molar-refractivity contribution in [3.8, 4) is 0 Å². The summed E-state index contributed by atoms with van der Waals surface area (Å²) in [6, 6.07) is 18.4. The number of halogens is 1. The minimum absolute atomic E-state index is 0.0772. The maximum Gasteiger partial charge on any atom is 0.0893 e. The topological polar surface area (TPSA) is 58.4 Å². The highest BCUT2D eigenvalue weighted by Crippen LogP contribution is 2.32. The fourth-order valence-corrected chi connectivity index (χ4v) is 3.22. The first-order valence-electron chi connectivity index (χ1n) is 7.98. The Morgan fingerprint density at radius 1 is 1.08 bits per heavy atom. The fourth-order valence-electron chi connectivity index (χ4n) is 2.95. The van der Waals surface area contributed by atoms with Crippen LogP contribution in [0.15, 0.2) is 76.6 Å². The van der Waals surface area contributed by atoms with E-state index in [1.54, 1.807) is 18.5 Å². The summed E-state index contributed by atoms with van der Waals surface area (Å²) in [6.45, 7) is 2.10. The van der Waals surface area contributed by atoms with E-state index in [1.807, 2.05) is 24.3 Å². The molecule has 1 N–H and O–H groups in total. The molecule has 3 rings (SSSR count). The lowest BCUT2D eigenvalue weighted by atomic mass is 9.84. The fraction of sp³-hybridized carbons (Fsp3) is 0.150. The Balaban J connectivity index is 2.02. The van der Waals surface area contributed by atoms with Gasteiger partial charge in [-0.05, 0) is 41.8 Å². The zero-order valence-electron chi connectivity index (χ0n) is 13.8. The van der Waals surface area contributed by atoms with Gasteiger partial charge in [-0.2, -0.15) is 10.2 Å². The third-order valence-corrected chi connectivity index (χ3v) is 4.80. The number of hydrogen-bond acceptors (Lipinski definition) is 4. The van der Waals surface area contributed by atoms with Crippen molar-refractivity contribution < 1.29 is 5.21 Å². The van der Waals surface area contributed by atoms with Gasteiger partial charge in [0.05, 0.1) is 18.1 Å². The Morgan fingerprint density at radius 2 is 1.84 bits per heavy atom. The first-order chi connectivity index (χ1) is 12.2. The summed E-state index contributed by atoms with van der Waals surface area (Å²) in [6.07, 6.45) is 3.78. The van der Waals surface area contributed by atoms with Crippen LogP contribution in [-0.2, 0) is 0 Å². The molecule has 0 spiro atoms. The van der Waals surface area contributed by atoms with Crippen molar-refractivity contribution in [2.24, 2.45) is 5.16 Å². The van der Waals surface area contributed by atoms with Crippen LogP contribution in [0, 0.1) is 6.92 Å². The van der Waals surface area contributed by atoms with E-state index < -0.39 is 0 Å². The number of benzene rings is 2. The van der Waals surface area contributed by atoms with Gasteiger partial charge in [0.15, 0.2) is 0 Å². The van der Waals surface area contributed by atoms with Crippen LogP contribution in [0.1, 0.15) is 34.6 Å². The lowest BCUT2D eigenvalue weighted by Gasteiger charge is -2.21. The second-order valence-corrected chi connectivity index (χ2v) is 6.76. The lowest BCUT2D eigenvalue weighted by Crippen LogP contribution is -2.12. The van der Waals surface area contributed by atoms with Crippen molar-refractivity contribution in [2.45, 2.75) is 19.3 Å². The monoisotopic (exact) mass is 395 g/mol. The molecule has 0 aliphatic heterocycles. The summed E-state index contributed by atoms with van der Waals surface area (Å²) in [5.74, 6) is 0.0772. The van der Waals surface area contributed by atoms with Gasteiger partial charge < -0.3 is 5.21 Å². The number of rotatable bonds is 5. The van der Waals surface area contributed by atoms with Crippen LogP contribution in [0.2, 0.25) is 0 Å². The van der Waals surface area contributed by atoms with E-state index in [1.165, 1.54) is 16.7 Å². The standard InChI is InChI=1S/C20H18BrN3O/c1-14-4-2-3-5-18(14)19(15-6-8-17(21)9-7-15)12-20(24-25)16-10-11-22-23-13-16/h2-11,13,19,25H,12H2,1H3/b24-20-/t19-/m1/s1. The summed E-state index contributed by atoms with van der Waals surface area (Å²) in [5, 5.41) is 20.8. The average molecular weight is 396 g/mol. The second kappa shape index (κ2) is 8.03. The normalized spacial score (nSPS) is 12.8. The summed E-state index contributed by atoms with van der Waals surface area (Å²) < 4.78 is 1.04. The van der Waals surface area contributed by atoms with Gasteiger partial charge in [-0.15, -0.1) is 0 Å². The number of aryl methyl sites for hydroxylation is 1. The highest BCUT2D eigenvalue weighted by atomic mass is 79.9. The molecule has 0 aliphatic carbocycles. The van der Waals surface area contributed by atoms with Crippen LogP contribution in [0.4, 0.5) is 0 Å². The van der Waals surface area contributed by atoms with Crippen LogP contribution in [-0.4, -0.2) is 21.1 Å². The van der Waals surface area contributed by atoms with E-state index in [9.17, 15) is 5.21 Å². The molecule has 1 atom stereocenters. The van der Waals surface area contributed by atoms with E-state index in [0.29, 0.717) is 12.1 Å². The van der Waals surface area contributed by atoms with Gasteiger partial charge in [0, 0.05) is 22.4 Å². The Bertz CT molecular complexity index is 864. The van der Waals surface area contributed by atoms with Gasteiger partial charge in [-0.1, -0.05) is 57.5 Å². The van der Waals surface area contributed by atoms with E-state index in [-0.39, 0.29) is 5.92 Å². The van der Waals surface area contributed by atoms with Crippen molar-refractivity contribution in [1.82, 2.24) is 10.2 Å². The first-order valence-corrected chi connectivity index (χ1v) is 8.77. The molecule has 25 heavy (non-hydrogen) atoms. The molecule has 0 aliphatic rings.